The molecule has 1 amide bonds. The van der Waals surface area contributed by atoms with Crippen molar-refractivity contribution in [3.05, 3.63) is 63.6 Å². The van der Waals surface area contributed by atoms with Gasteiger partial charge in [-0.1, -0.05) is 30.3 Å². The zero-order chi connectivity index (χ0) is 19.1. The van der Waals surface area contributed by atoms with Gasteiger partial charge in [-0.3, -0.25) is 9.59 Å². The predicted molar refractivity (Wildman–Crippen MR) is 100 cm³/mol. The zero-order valence-corrected chi connectivity index (χ0v) is 15.4. The Balaban J connectivity index is 1.91. The molecule has 3 rings (SSSR count). The summed E-state index contributed by atoms with van der Waals surface area (Å²) in [6.45, 7) is 2.35. The Labute approximate surface area is 157 Å². The predicted octanol–water partition coefficient (Wildman–Crippen LogP) is 1.38. The lowest BCUT2D eigenvalue weighted by Gasteiger charge is -2.18. The first kappa shape index (κ1) is 19.1. The van der Waals surface area contributed by atoms with Crippen LogP contribution >= 0.6 is 0 Å². The topological polar surface area (TPSA) is 78.8 Å². The number of hydrogen-bond donors (Lipinski definition) is 1. The lowest BCUT2D eigenvalue weighted by Crippen LogP contribution is -2.31. The van der Waals surface area contributed by atoms with Crippen LogP contribution in [0, 0.1) is 0 Å². The number of rotatable bonds is 7. The number of methoxy groups -OCH3 is 1. The van der Waals surface area contributed by atoms with Crippen molar-refractivity contribution in [1.29, 1.82) is 0 Å². The first-order valence-electron chi connectivity index (χ1n) is 8.99. The van der Waals surface area contributed by atoms with Crippen molar-refractivity contribution in [3.63, 3.8) is 0 Å². The number of nitrogens with zero attached hydrogens (tertiary/aromatic N) is 1. The highest BCUT2D eigenvalue weighted by Gasteiger charge is 2.24. The van der Waals surface area contributed by atoms with Gasteiger partial charge in [0.15, 0.2) is 0 Å². The van der Waals surface area contributed by atoms with Crippen LogP contribution in [0.15, 0.2) is 41.2 Å². The number of pyridine rings is 1. The van der Waals surface area contributed by atoms with Crippen molar-refractivity contribution in [1.82, 2.24) is 9.88 Å². The summed E-state index contributed by atoms with van der Waals surface area (Å²) in [6, 6.07) is 11.0. The molecule has 7 nitrogen and oxygen atoms in total. The van der Waals surface area contributed by atoms with Crippen LogP contribution in [-0.2, 0) is 29.0 Å². The Morgan fingerprint density at radius 2 is 2.04 bits per heavy atom. The summed E-state index contributed by atoms with van der Waals surface area (Å²) in [6.07, 6.45) is 0.477. The molecule has 2 aromatic rings. The van der Waals surface area contributed by atoms with Crippen LogP contribution in [-0.4, -0.2) is 44.0 Å². The Morgan fingerprint density at radius 1 is 1.22 bits per heavy atom. The quantitative estimate of drug-likeness (QED) is 0.743. The smallest absolute Gasteiger partial charge is 0.257 e. The monoisotopic (exact) mass is 372 g/mol. The van der Waals surface area contributed by atoms with E-state index >= 15 is 0 Å². The molecule has 7 heteroatoms. The fraction of sp³-hybridized carbons (Fsp3) is 0.400. The van der Waals surface area contributed by atoms with Crippen LogP contribution in [0.2, 0.25) is 0 Å². The van der Waals surface area contributed by atoms with Crippen molar-refractivity contribution in [3.8, 4) is 5.75 Å². The second kappa shape index (κ2) is 9.34. The molecule has 0 saturated carbocycles. The van der Waals surface area contributed by atoms with Gasteiger partial charge in [-0.15, -0.1) is 0 Å². The van der Waals surface area contributed by atoms with E-state index in [4.69, 9.17) is 14.2 Å². The average Bonchev–Trinajstić information content (AvgIpc) is 2.94. The van der Waals surface area contributed by atoms with Gasteiger partial charge < -0.3 is 24.1 Å². The summed E-state index contributed by atoms with van der Waals surface area (Å²) >= 11 is 0. The average molecular weight is 372 g/mol. The zero-order valence-electron chi connectivity index (χ0n) is 15.4. The van der Waals surface area contributed by atoms with Gasteiger partial charge in [0, 0.05) is 38.4 Å². The minimum atomic E-state index is -0.267. The van der Waals surface area contributed by atoms with E-state index in [1.54, 1.807) is 11.7 Å². The van der Waals surface area contributed by atoms with E-state index in [1.807, 2.05) is 30.3 Å². The molecule has 1 N–H and O–H groups in total. The molecule has 1 aromatic carbocycles. The number of hydrogen-bond acceptors (Lipinski definition) is 5. The van der Waals surface area contributed by atoms with Crippen LogP contribution in [0.3, 0.4) is 0 Å². The van der Waals surface area contributed by atoms with Gasteiger partial charge in [0.25, 0.3) is 11.5 Å². The van der Waals surface area contributed by atoms with Crippen LogP contribution in [0.5, 0.6) is 5.75 Å². The maximum atomic E-state index is 13.0. The minimum absolute atomic E-state index is 0.192. The number of amides is 1. The lowest BCUT2D eigenvalue weighted by molar-refractivity contribution is 0.0940. The number of aromatic nitrogens is 1. The highest BCUT2D eigenvalue weighted by molar-refractivity contribution is 5.98. The summed E-state index contributed by atoms with van der Waals surface area (Å²) in [4.78, 5) is 25.5. The van der Waals surface area contributed by atoms with E-state index in [0.29, 0.717) is 50.6 Å². The molecule has 0 radical (unpaired) electrons. The standard InChI is InChI=1S/C20H24N2O5/c1-25-11-12-27-17-13-18(23)22-8-10-26-9-7-16(22)19(17)20(24)21-14-15-5-3-2-4-6-15/h2-6,13H,7-12,14H2,1H3,(H,21,24). The molecule has 0 aliphatic carbocycles. The van der Waals surface area contributed by atoms with Crippen LogP contribution in [0.25, 0.3) is 0 Å². The van der Waals surface area contributed by atoms with Crippen molar-refractivity contribution in [2.24, 2.45) is 0 Å². The molecule has 0 fully saturated rings. The Hall–Kier alpha value is -2.64. The highest BCUT2D eigenvalue weighted by Crippen LogP contribution is 2.23. The van der Waals surface area contributed by atoms with E-state index in [1.165, 1.54) is 6.07 Å². The number of nitrogens with one attached hydrogen (secondary N) is 1. The summed E-state index contributed by atoms with van der Waals surface area (Å²) in [5.74, 6) is 0.0210. The van der Waals surface area contributed by atoms with Crippen molar-refractivity contribution in [2.75, 3.05) is 33.5 Å². The molecule has 144 valence electrons. The normalized spacial score (nSPS) is 13.5. The van der Waals surface area contributed by atoms with Gasteiger partial charge in [-0.2, -0.15) is 0 Å². The van der Waals surface area contributed by atoms with Crippen LogP contribution < -0.4 is 15.6 Å². The van der Waals surface area contributed by atoms with Crippen molar-refractivity contribution in [2.45, 2.75) is 19.5 Å². The SMILES string of the molecule is COCCOc1cc(=O)n2c(c1C(=O)NCc1ccccc1)CCOCC2. The van der Waals surface area contributed by atoms with E-state index in [0.717, 1.165) is 5.56 Å². The number of ether oxygens (including phenoxy) is 3. The number of fused-ring (bicyclic) bond motifs is 1. The second-order valence-corrected chi connectivity index (χ2v) is 6.19. The molecular weight excluding hydrogens is 348 g/mol. The highest BCUT2D eigenvalue weighted by atomic mass is 16.5. The fourth-order valence-corrected chi connectivity index (χ4v) is 3.06. The number of carbonyl (C=O) groups is 1. The van der Waals surface area contributed by atoms with E-state index in [2.05, 4.69) is 5.32 Å². The molecule has 1 aliphatic rings. The molecule has 2 heterocycles. The molecular formula is C20H24N2O5. The first-order chi connectivity index (χ1) is 13.2. The van der Waals surface area contributed by atoms with Crippen molar-refractivity contribution >= 4 is 5.91 Å². The first-order valence-corrected chi connectivity index (χ1v) is 8.99. The van der Waals surface area contributed by atoms with Gasteiger partial charge in [0.2, 0.25) is 0 Å². The maximum absolute atomic E-state index is 13.0. The lowest BCUT2D eigenvalue weighted by atomic mass is 10.1. The van der Waals surface area contributed by atoms with E-state index < -0.39 is 0 Å². The summed E-state index contributed by atoms with van der Waals surface area (Å²) < 4.78 is 17.8. The third kappa shape index (κ3) is 4.75. The minimum Gasteiger partial charge on any atom is -0.490 e. The van der Waals surface area contributed by atoms with Gasteiger partial charge in [0.05, 0.1) is 19.8 Å². The molecule has 27 heavy (non-hydrogen) atoms. The molecule has 0 bridgehead atoms. The second-order valence-electron chi connectivity index (χ2n) is 6.19. The van der Waals surface area contributed by atoms with Crippen LogP contribution in [0.4, 0.5) is 0 Å². The third-order valence-corrected chi connectivity index (χ3v) is 4.39. The molecule has 0 spiro atoms. The summed E-state index contributed by atoms with van der Waals surface area (Å²) in [5.41, 5.74) is 1.85. The van der Waals surface area contributed by atoms with Crippen molar-refractivity contribution < 1.29 is 19.0 Å². The molecule has 0 unspecified atom stereocenters. The summed E-state index contributed by atoms with van der Waals surface area (Å²) in [7, 11) is 1.57. The third-order valence-electron chi connectivity index (χ3n) is 4.39. The Kier molecular flexibility index (Phi) is 6.62. The Bertz CT molecular complexity index is 832. The van der Waals surface area contributed by atoms with Crippen LogP contribution in [0.1, 0.15) is 21.6 Å². The molecule has 0 saturated heterocycles. The summed E-state index contributed by atoms with van der Waals surface area (Å²) in [5, 5.41) is 2.93. The molecule has 1 aliphatic heterocycles. The van der Waals surface area contributed by atoms with Gasteiger partial charge in [-0.05, 0) is 5.56 Å². The number of benzene rings is 1. The largest absolute Gasteiger partial charge is 0.490 e. The number of carbonyl (C=O) groups excluding carboxylic acids is 1. The van der Waals surface area contributed by atoms with Gasteiger partial charge in [0.1, 0.15) is 17.9 Å². The molecule has 0 atom stereocenters. The van der Waals surface area contributed by atoms with Gasteiger partial charge >= 0.3 is 0 Å². The van der Waals surface area contributed by atoms with E-state index in [-0.39, 0.29) is 23.8 Å². The maximum Gasteiger partial charge on any atom is 0.257 e. The molecule has 1 aromatic heterocycles. The fourth-order valence-electron chi connectivity index (χ4n) is 3.06. The Morgan fingerprint density at radius 3 is 2.81 bits per heavy atom. The van der Waals surface area contributed by atoms with E-state index in [9.17, 15) is 9.59 Å². The van der Waals surface area contributed by atoms with Gasteiger partial charge in [-0.25, -0.2) is 0 Å².